The van der Waals surface area contributed by atoms with Crippen molar-refractivity contribution < 1.29 is 14.3 Å². The van der Waals surface area contributed by atoms with E-state index < -0.39 is 0 Å². The van der Waals surface area contributed by atoms with Crippen LogP contribution in [0.4, 0.5) is 5.82 Å². The molecule has 2 saturated heterocycles. The van der Waals surface area contributed by atoms with Crippen molar-refractivity contribution in [3.63, 3.8) is 0 Å². The third kappa shape index (κ3) is 6.32. The number of rotatable bonds is 10. The number of piperidine rings is 1. The fourth-order valence-electron chi connectivity index (χ4n) is 5.15. The van der Waals surface area contributed by atoms with Gasteiger partial charge in [0.05, 0.1) is 17.4 Å². The molecule has 1 aromatic heterocycles. The minimum absolute atomic E-state index is 0.0602. The van der Waals surface area contributed by atoms with Crippen molar-refractivity contribution in [2.45, 2.75) is 66.2 Å². The summed E-state index contributed by atoms with van der Waals surface area (Å²) < 4.78 is 7.23. The van der Waals surface area contributed by atoms with E-state index in [4.69, 9.17) is 17.0 Å². The lowest BCUT2D eigenvalue weighted by atomic mass is 9.95. The Morgan fingerprint density at radius 3 is 2.53 bits per heavy atom. The highest BCUT2D eigenvalue weighted by molar-refractivity contribution is 8.26. The van der Waals surface area contributed by atoms with Crippen LogP contribution in [0.3, 0.4) is 0 Å². The second kappa shape index (κ2) is 13.4. The predicted octanol–water partition coefficient (Wildman–Crippen LogP) is 4.76. The molecule has 2 aliphatic heterocycles. The Bertz CT molecular complexity index is 1210. The quantitative estimate of drug-likeness (QED) is 0.230. The first-order valence-electron chi connectivity index (χ1n) is 13.5. The molecule has 1 amide bonds. The summed E-state index contributed by atoms with van der Waals surface area (Å²) >= 11 is 6.87. The van der Waals surface area contributed by atoms with Crippen molar-refractivity contribution in [3.8, 4) is 6.07 Å². The van der Waals surface area contributed by atoms with Gasteiger partial charge in [-0.15, -0.1) is 0 Å². The van der Waals surface area contributed by atoms with Gasteiger partial charge in [0.25, 0.3) is 11.5 Å². The number of hydrogen-bond donors (Lipinski definition) is 0. The Balaban J connectivity index is 1.98. The van der Waals surface area contributed by atoms with E-state index in [0.717, 1.165) is 25.7 Å². The van der Waals surface area contributed by atoms with Gasteiger partial charge in [0.1, 0.15) is 21.8 Å². The van der Waals surface area contributed by atoms with Gasteiger partial charge in [-0.3, -0.25) is 23.9 Å². The van der Waals surface area contributed by atoms with E-state index in [1.54, 1.807) is 31.9 Å². The number of carbonyl (C=O) groups excluding carboxylic acids is 2. The maximum Gasteiger partial charge on any atom is 0.309 e. The zero-order valence-corrected chi connectivity index (χ0v) is 24.7. The van der Waals surface area contributed by atoms with Crippen molar-refractivity contribution in [3.05, 3.63) is 31.9 Å². The molecule has 2 fully saturated rings. The van der Waals surface area contributed by atoms with Gasteiger partial charge in [-0.05, 0) is 50.7 Å². The highest BCUT2D eigenvalue weighted by Crippen LogP contribution is 2.37. The molecular weight excluding hydrogens is 520 g/mol. The summed E-state index contributed by atoms with van der Waals surface area (Å²) in [6, 6.07) is 2.05. The predicted molar refractivity (Wildman–Crippen MR) is 156 cm³/mol. The Morgan fingerprint density at radius 2 is 1.95 bits per heavy atom. The van der Waals surface area contributed by atoms with Crippen LogP contribution in [0.15, 0.2) is 9.70 Å². The van der Waals surface area contributed by atoms with Gasteiger partial charge < -0.3 is 9.64 Å². The molecule has 0 aliphatic carbocycles. The van der Waals surface area contributed by atoms with Crippen LogP contribution in [0.5, 0.6) is 0 Å². The van der Waals surface area contributed by atoms with Crippen LogP contribution in [-0.4, -0.2) is 51.9 Å². The number of unbranched alkanes of at least 4 members (excludes halogenated alkanes) is 1. The minimum Gasteiger partial charge on any atom is -0.466 e. The van der Waals surface area contributed by atoms with Gasteiger partial charge in [-0.1, -0.05) is 57.1 Å². The number of thiocarbonyl (C=S) groups is 1. The molecule has 2 aliphatic rings. The Hall–Kier alpha value is -2.64. The first-order chi connectivity index (χ1) is 18.2. The maximum atomic E-state index is 13.5. The maximum absolute atomic E-state index is 13.5. The SMILES string of the molecule is CCCCC(CC)CN1C(=O)C(=Cc2c(C)c(C#N)c(=O)n(C)c2N2CCC(C(=O)OCC)CC2)SC1=S. The molecule has 0 saturated carbocycles. The van der Waals surface area contributed by atoms with E-state index in [1.165, 1.54) is 16.3 Å². The van der Waals surface area contributed by atoms with Crippen LogP contribution in [0.25, 0.3) is 6.08 Å². The van der Waals surface area contributed by atoms with Gasteiger partial charge in [-0.25, -0.2) is 0 Å². The molecule has 1 atom stereocenters. The molecule has 3 rings (SSSR count). The molecule has 1 unspecified atom stereocenters. The third-order valence-corrected chi connectivity index (χ3v) is 8.89. The molecule has 38 heavy (non-hydrogen) atoms. The van der Waals surface area contributed by atoms with Crippen LogP contribution in [0, 0.1) is 30.1 Å². The van der Waals surface area contributed by atoms with E-state index in [0.29, 0.717) is 71.2 Å². The third-order valence-electron chi connectivity index (χ3n) is 7.52. The van der Waals surface area contributed by atoms with Crippen molar-refractivity contribution in [2.75, 3.05) is 31.1 Å². The molecule has 3 heterocycles. The van der Waals surface area contributed by atoms with Crippen LogP contribution in [-0.2, 0) is 21.4 Å². The van der Waals surface area contributed by atoms with Crippen molar-refractivity contribution in [1.29, 1.82) is 5.26 Å². The number of pyridine rings is 1. The molecule has 206 valence electrons. The number of nitrogens with zero attached hydrogens (tertiary/aromatic N) is 4. The number of anilines is 1. The first-order valence-corrected chi connectivity index (χ1v) is 14.7. The summed E-state index contributed by atoms with van der Waals surface area (Å²) in [5, 5.41) is 9.74. The Labute approximate surface area is 235 Å². The highest BCUT2D eigenvalue weighted by atomic mass is 32.2. The lowest BCUT2D eigenvalue weighted by Gasteiger charge is -2.35. The highest BCUT2D eigenvalue weighted by Gasteiger charge is 2.35. The topological polar surface area (TPSA) is 95.6 Å². The fourth-order valence-corrected chi connectivity index (χ4v) is 6.40. The number of carbonyl (C=O) groups is 2. The van der Waals surface area contributed by atoms with Crippen LogP contribution in [0.1, 0.15) is 76.0 Å². The Morgan fingerprint density at radius 1 is 1.26 bits per heavy atom. The van der Waals surface area contributed by atoms with E-state index in [-0.39, 0.29) is 28.9 Å². The van der Waals surface area contributed by atoms with Crippen LogP contribution >= 0.6 is 24.0 Å². The van der Waals surface area contributed by atoms with Crippen molar-refractivity contribution >= 4 is 52.1 Å². The fraction of sp³-hybridized carbons (Fsp3) is 0.607. The van der Waals surface area contributed by atoms with E-state index in [1.807, 2.05) is 6.07 Å². The van der Waals surface area contributed by atoms with Crippen LogP contribution < -0.4 is 10.5 Å². The zero-order chi connectivity index (χ0) is 28.0. The van der Waals surface area contributed by atoms with Crippen molar-refractivity contribution in [1.82, 2.24) is 9.47 Å². The van der Waals surface area contributed by atoms with E-state index >= 15 is 0 Å². The lowest BCUT2D eigenvalue weighted by Crippen LogP contribution is -2.40. The normalized spacial score (nSPS) is 18.3. The number of aromatic nitrogens is 1. The minimum atomic E-state index is -0.376. The molecule has 10 heteroatoms. The largest absolute Gasteiger partial charge is 0.466 e. The van der Waals surface area contributed by atoms with Gasteiger partial charge >= 0.3 is 5.97 Å². The second-order valence-electron chi connectivity index (χ2n) is 9.94. The number of thioether (sulfide) groups is 1. The average molecular weight is 559 g/mol. The van der Waals surface area contributed by atoms with Gasteiger partial charge in [-0.2, -0.15) is 5.26 Å². The summed E-state index contributed by atoms with van der Waals surface area (Å²) in [5.74, 6) is 0.534. The molecule has 0 N–H and O–H groups in total. The molecular formula is C28H38N4O4S2. The second-order valence-corrected chi connectivity index (χ2v) is 11.6. The first kappa shape index (κ1) is 29.9. The Kier molecular flexibility index (Phi) is 10.6. The zero-order valence-electron chi connectivity index (χ0n) is 23.0. The van der Waals surface area contributed by atoms with Crippen LogP contribution in [0.2, 0.25) is 0 Å². The molecule has 0 aromatic carbocycles. The average Bonchev–Trinajstić information content (AvgIpc) is 3.17. The smallest absolute Gasteiger partial charge is 0.309 e. The van der Waals surface area contributed by atoms with E-state index in [2.05, 4.69) is 18.7 Å². The standard InChI is InChI=1S/C28H38N4O4S2/c1-6-9-10-19(7-2)17-32-26(34)23(38-28(32)37)15-21-18(4)22(16-29)25(33)30(5)24(21)31-13-11-20(12-14-31)27(35)36-8-3/h15,19-20H,6-14,17H2,1-5H3. The molecule has 0 spiro atoms. The molecule has 1 aromatic rings. The summed E-state index contributed by atoms with van der Waals surface area (Å²) in [5.41, 5.74) is 0.887. The summed E-state index contributed by atoms with van der Waals surface area (Å²) in [6.07, 6.45) is 7.26. The number of ether oxygens (including phenoxy) is 1. The van der Waals surface area contributed by atoms with Crippen molar-refractivity contribution in [2.24, 2.45) is 18.9 Å². The summed E-state index contributed by atoms with van der Waals surface area (Å²) in [4.78, 5) is 43.0. The number of nitriles is 1. The number of hydrogen-bond acceptors (Lipinski definition) is 8. The molecule has 0 bridgehead atoms. The van der Waals surface area contributed by atoms with Gasteiger partial charge in [0.15, 0.2) is 0 Å². The summed E-state index contributed by atoms with van der Waals surface area (Å²) in [6.45, 7) is 9.91. The number of esters is 1. The monoisotopic (exact) mass is 558 g/mol. The molecule has 8 nitrogen and oxygen atoms in total. The van der Waals surface area contributed by atoms with Gasteiger partial charge in [0, 0.05) is 32.2 Å². The summed E-state index contributed by atoms with van der Waals surface area (Å²) in [7, 11) is 1.65. The number of amides is 1. The molecule has 0 radical (unpaired) electrons. The lowest BCUT2D eigenvalue weighted by molar-refractivity contribution is -0.148. The van der Waals surface area contributed by atoms with Gasteiger partial charge in [0.2, 0.25) is 0 Å². The van der Waals surface area contributed by atoms with E-state index in [9.17, 15) is 19.6 Å².